The van der Waals surface area contributed by atoms with Gasteiger partial charge < -0.3 is 10.4 Å². The van der Waals surface area contributed by atoms with Crippen molar-refractivity contribution in [1.82, 2.24) is 20.1 Å². The fourth-order valence-electron chi connectivity index (χ4n) is 3.49. The summed E-state index contributed by atoms with van der Waals surface area (Å²) in [6, 6.07) is 5.10. The highest BCUT2D eigenvalue weighted by atomic mass is 19.4. The summed E-state index contributed by atoms with van der Waals surface area (Å²) in [5, 5.41) is 18.2. The number of aromatic hydroxyl groups is 1. The van der Waals surface area contributed by atoms with E-state index in [9.17, 15) is 23.1 Å². The molecule has 0 aliphatic carbocycles. The topological polar surface area (TPSA) is 80.0 Å². The fourth-order valence-corrected chi connectivity index (χ4v) is 3.49. The number of fused-ring (bicyclic) bond motifs is 1. The molecular formula is C19H17F3N4O2. The van der Waals surface area contributed by atoms with Crippen LogP contribution in [0.1, 0.15) is 24.0 Å². The Morgan fingerprint density at radius 3 is 2.75 bits per heavy atom. The largest absolute Gasteiger partial charge is 0.507 e. The number of carbonyl (C=O) groups excluding carboxylic acids is 1. The van der Waals surface area contributed by atoms with Gasteiger partial charge in [-0.1, -0.05) is 0 Å². The van der Waals surface area contributed by atoms with Crippen molar-refractivity contribution in [3.8, 4) is 17.0 Å². The maximum Gasteiger partial charge on any atom is 0.416 e. The molecule has 146 valence electrons. The summed E-state index contributed by atoms with van der Waals surface area (Å²) in [4.78, 5) is 15.7. The lowest BCUT2D eigenvalue weighted by Crippen LogP contribution is -2.29. The number of hydrogen-bond donors (Lipinski definition) is 2. The molecule has 3 heterocycles. The molecule has 1 unspecified atom stereocenters. The van der Waals surface area contributed by atoms with E-state index in [1.807, 2.05) is 0 Å². The second-order valence-electron chi connectivity index (χ2n) is 6.95. The number of rotatable bonds is 3. The van der Waals surface area contributed by atoms with E-state index in [0.717, 1.165) is 17.9 Å². The zero-order valence-electron chi connectivity index (χ0n) is 14.9. The minimum absolute atomic E-state index is 0.0162. The van der Waals surface area contributed by atoms with Gasteiger partial charge in [-0.25, -0.2) is 4.98 Å². The molecule has 6 nitrogen and oxygen atoms in total. The number of hydrogen-bond acceptors (Lipinski definition) is 4. The quantitative estimate of drug-likeness (QED) is 0.718. The predicted molar refractivity (Wildman–Crippen MR) is 95.5 cm³/mol. The number of pyridine rings is 1. The molecule has 1 fully saturated rings. The van der Waals surface area contributed by atoms with Gasteiger partial charge >= 0.3 is 6.18 Å². The van der Waals surface area contributed by atoms with E-state index in [2.05, 4.69) is 15.4 Å². The summed E-state index contributed by atoms with van der Waals surface area (Å²) in [5.74, 6) is -0.456. The highest BCUT2D eigenvalue weighted by Gasteiger charge is 2.32. The van der Waals surface area contributed by atoms with E-state index in [1.54, 1.807) is 23.0 Å². The van der Waals surface area contributed by atoms with Crippen molar-refractivity contribution in [3.63, 3.8) is 0 Å². The molecule has 1 saturated heterocycles. The van der Waals surface area contributed by atoms with E-state index in [1.165, 1.54) is 6.92 Å². The van der Waals surface area contributed by atoms with Gasteiger partial charge in [0.05, 0.1) is 17.8 Å². The maximum atomic E-state index is 12.9. The Morgan fingerprint density at radius 2 is 2.11 bits per heavy atom. The number of nitrogens with zero attached hydrogens (tertiary/aromatic N) is 3. The zero-order chi connectivity index (χ0) is 20.1. The van der Waals surface area contributed by atoms with Gasteiger partial charge in [0, 0.05) is 29.6 Å². The van der Waals surface area contributed by atoms with Crippen LogP contribution in [0.2, 0.25) is 0 Å². The maximum absolute atomic E-state index is 12.9. The summed E-state index contributed by atoms with van der Waals surface area (Å²) < 4.78 is 40.4. The molecular weight excluding hydrogens is 373 g/mol. The second-order valence-corrected chi connectivity index (χ2v) is 6.95. The van der Waals surface area contributed by atoms with Crippen molar-refractivity contribution in [2.24, 2.45) is 0 Å². The van der Waals surface area contributed by atoms with Gasteiger partial charge in [-0.2, -0.15) is 18.3 Å². The third-order valence-electron chi connectivity index (χ3n) is 4.81. The molecule has 1 aliphatic heterocycles. The molecule has 0 saturated carbocycles. The van der Waals surface area contributed by atoms with Crippen LogP contribution in [0.25, 0.3) is 22.3 Å². The van der Waals surface area contributed by atoms with Crippen LogP contribution in [0.3, 0.4) is 0 Å². The highest BCUT2D eigenvalue weighted by Crippen LogP contribution is 2.38. The molecule has 1 aliphatic rings. The van der Waals surface area contributed by atoms with Crippen LogP contribution in [-0.4, -0.2) is 31.8 Å². The SMILES string of the molecule is Cc1cc(C(F)(F)F)cc(O)c1-c1ccc2cn(CC3CCC(=O)N3)nc2n1. The van der Waals surface area contributed by atoms with Crippen molar-refractivity contribution < 1.29 is 23.1 Å². The Bertz CT molecular complexity index is 1050. The van der Waals surface area contributed by atoms with Gasteiger partial charge in [0.1, 0.15) is 5.75 Å². The Balaban J connectivity index is 1.67. The molecule has 0 spiro atoms. The highest BCUT2D eigenvalue weighted by molar-refractivity contribution is 5.81. The van der Waals surface area contributed by atoms with Crippen molar-refractivity contribution in [1.29, 1.82) is 0 Å². The first kappa shape index (κ1) is 18.3. The van der Waals surface area contributed by atoms with Gasteiger partial charge in [-0.05, 0) is 43.2 Å². The molecule has 1 amide bonds. The lowest BCUT2D eigenvalue weighted by molar-refractivity contribution is -0.137. The lowest BCUT2D eigenvalue weighted by Gasteiger charge is -2.13. The third-order valence-corrected chi connectivity index (χ3v) is 4.81. The van der Waals surface area contributed by atoms with Gasteiger partial charge in [-0.15, -0.1) is 0 Å². The van der Waals surface area contributed by atoms with Gasteiger partial charge in [0.15, 0.2) is 5.65 Å². The number of aryl methyl sites for hydroxylation is 1. The average molecular weight is 390 g/mol. The van der Waals surface area contributed by atoms with Crippen molar-refractivity contribution in [2.75, 3.05) is 0 Å². The van der Waals surface area contributed by atoms with E-state index in [4.69, 9.17) is 0 Å². The summed E-state index contributed by atoms with van der Waals surface area (Å²) in [7, 11) is 0. The van der Waals surface area contributed by atoms with Gasteiger partial charge in [0.2, 0.25) is 5.91 Å². The van der Waals surface area contributed by atoms with Gasteiger partial charge in [0.25, 0.3) is 0 Å². The number of alkyl halides is 3. The first-order valence-corrected chi connectivity index (χ1v) is 8.75. The molecule has 2 aromatic heterocycles. The van der Waals surface area contributed by atoms with Crippen molar-refractivity contribution >= 4 is 16.9 Å². The summed E-state index contributed by atoms with van der Waals surface area (Å²) in [6.45, 7) is 2.01. The first-order valence-electron chi connectivity index (χ1n) is 8.75. The van der Waals surface area contributed by atoms with Crippen LogP contribution in [-0.2, 0) is 17.5 Å². The summed E-state index contributed by atoms with van der Waals surface area (Å²) >= 11 is 0. The number of amides is 1. The minimum atomic E-state index is -4.54. The molecule has 9 heteroatoms. The van der Waals surface area contributed by atoms with Crippen molar-refractivity contribution in [3.05, 3.63) is 41.6 Å². The zero-order valence-corrected chi connectivity index (χ0v) is 14.9. The number of phenolic OH excluding ortho intramolecular Hbond substituents is 1. The fraction of sp³-hybridized carbons (Fsp3) is 0.316. The normalized spacial score (nSPS) is 17.3. The van der Waals surface area contributed by atoms with Crippen LogP contribution < -0.4 is 5.32 Å². The first-order chi connectivity index (χ1) is 13.2. The summed E-state index contributed by atoms with van der Waals surface area (Å²) in [5.41, 5.74) is 0.367. The predicted octanol–water partition coefficient (Wildman–Crippen LogP) is 3.41. The standard InChI is InChI=1S/C19H17F3N4O2/c1-10-6-12(19(20,21)22)7-15(27)17(10)14-4-2-11-8-26(25-18(11)24-14)9-13-3-5-16(28)23-13/h2,4,6-8,13,27H,3,5,9H2,1H3,(H,23,28). The van der Waals surface area contributed by atoms with Crippen LogP contribution in [0, 0.1) is 6.92 Å². The molecule has 28 heavy (non-hydrogen) atoms. The number of carbonyl (C=O) groups is 1. The molecule has 1 aromatic carbocycles. The molecule has 2 N–H and O–H groups in total. The number of halogens is 3. The smallest absolute Gasteiger partial charge is 0.416 e. The summed E-state index contributed by atoms with van der Waals surface area (Å²) in [6.07, 6.45) is -1.49. The van der Waals surface area contributed by atoms with E-state index in [-0.39, 0.29) is 23.1 Å². The Hall–Kier alpha value is -3.10. The van der Waals surface area contributed by atoms with Crippen LogP contribution >= 0.6 is 0 Å². The molecule has 1 atom stereocenters. The molecule has 0 bridgehead atoms. The Morgan fingerprint density at radius 1 is 1.32 bits per heavy atom. The van der Waals surface area contributed by atoms with E-state index >= 15 is 0 Å². The second kappa shape index (κ2) is 6.50. The molecule has 4 rings (SSSR count). The lowest BCUT2D eigenvalue weighted by atomic mass is 10.00. The average Bonchev–Trinajstić information content (AvgIpc) is 3.18. The number of benzene rings is 1. The number of phenols is 1. The van der Waals surface area contributed by atoms with E-state index < -0.39 is 17.5 Å². The molecule has 3 aromatic rings. The Kier molecular flexibility index (Phi) is 4.24. The molecule has 0 radical (unpaired) electrons. The van der Waals surface area contributed by atoms with Gasteiger partial charge in [-0.3, -0.25) is 9.48 Å². The number of nitrogens with one attached hydrogen (secondary N) is 1. The van der Waals surface area contributed by atoms with Crippen LogP contribution in [0.15, 0.2) is 30.5 Å². The van der Waals surface area contributed by atoms with Crippen molar-refractivity contribution in [2.45, 2.75) is 38.5 Å². The van der Waals surface area contributed by atoms with Crippen LogP contribution in [0.5, 0.6) is 5.75 Å². The van der Waals surface area contributed by atoms with Crippen LogP contribution in [0.4, 0.5) is 13.2 Å². The number of aromatic nitrogens is 3. The Labute approximate surface area is 158 Å². The van der Waals surface area contributed by atoms with E-state index in [0.29, 0.717) is 30.4 Å². The minimum Gasteiger partial charge on any atom is -0.507 e. The monoisotopic (exact) mass is 390 g/mol. The third kappa shape index (κ3) is 3.39.